The molecule has 0 radical (unpaired) electrons. The molecule has 0 fully saturated rings. The number of ether oxygens (including phenoxy) is 1. The highest BCUT2D eigenvalue weighted by molar-refractivity contribution is 5.89. The Morgan fingerprint density at radius 2 is 2.06 bits per heavy atom. The Kier molecular flexibility index (Phi) is 2.29. The summed E-state index contributed by atoms with van der Waals surface area (Å²) in [6.07, 6.45) is 3.31. The van der Waals surface area contributed by atoms with Crippen molar-refractivity contribution in [3.05, 3.63) is 48.9 Å². The maximum absolute atomic E-state index is 5.32. The van der Waals surface area contributed by atoms with Crippen LogP contribution >= 0.6 is 0 Å². The molecular formula is C14H11NO2. The summed E-state index contributed by atoms with van der Waals surface area (Å²) in [6, 6.07) is 11.9. The minimum absolute atomic E-state index is 0.638. The average molecular weight is 225 g/mol. The van der Waals surface area contributed by atoms with Crippen molar-refractivity contribution in [1.82, 2.24) is 4.98 Å². The van der Waals surface area contributed by atoms with Gasteiger partial charge in [0.1, 0.15) is 0 Å². The highest BCUT2D eigenvalue weighted by atomic mass is 16.5. The van der Waals surface area contributed by atoms with Gasteiger partial charge in [-0.2, -0.15) is 0 Å². The van der Waals surface area contributed by atoms with E-state index < -0.39 is 0 Å². The Morgan fingerprint density at radius 3 is 2.82 bits per heavy atom. The Hall–Kier alpha value is -2.29. The van der Waals surface area contributed by atoms with Gasteiger partial charge >= 0.3 is 0 Å². The largest absolute Gasteiger partial charge is 0.481 e. The number of aromatic nitrogens is 1. The van der Waals surface area contributed by atoms with E-state index in [1.165, 1.54) is 0 Å². The average Bonchev–Trinajstić information content (AvgIpc) is 2.91. The number of nitrogens with zero attached hydrogens (tertiary/aromatic N) is 1. The molecule has 0 amide bonds. The summed E-state index contributed by atoms with van der Waals surface area (Å²) in [4.78, 5) is 4.48. The van der Waals surface area contributed by atoms with E-state index >= 15 is 0 Å². The molecular weight excluding hydrogens is 214 g/mol. The van der Waals surface area contributed by atoms with Crippen LogP contribution in [0.4, 0.5) is 0 Å². The van der Waals surface area contributed by atoms with Gasteiger partial charge in [0.05, 0.1) is 25.3 Å². The molecule has 2 heterocycles. The lowest BCUT2D eigenvalue weighted by atomic mass is 10.1. The van der Waals surface area contributed by atoms with E-state index in [1.54, 1.807) is 19.6 Å². The van der Waals surface area contributed by atoms with Gasteiger partial charge in [0.15, 0.2) is 0 Å². The third-order valence-corrected chi connectivity index (χ3v) is 2.72. The molecule has 0 bridgehead atoms. The first-order valence-corrected chi connectivity index (χ1v) is 5.35. The molecule has 3 heteroatoms. The van der Waals surface area contributed by atoms with Crippen LogP contribution in [0.2, 0.25) is 0 Å². The van der Waals surface area contributed by atoms with Crippen LogP contribution in [0.25, 0.3) is 22.0 Å². The molecule has 0 N–H and O–H groups in total. The second-order valence-electron chi connectivity index (χ2n) is 3.75. The zero-order valence-corrected chi connectivity index (χ0v) is 9.38. The molecule has 3 nitrogen and oxygen atoms in total. The molecule has 2 aromatic heterocycles. The first-order chi connectivity index (χ1) is 8.38. The summed E-state index contributed by atoms with van der Waals surface area (Å²) in [5, 5.41) is 2.12. The fourth-order valence-electron chi connectivity index (χ4n) is 1.88. The van der Waals surface area contributed by atoms with Crippen molar-refractivity contribution < 1.29 is 9.15 Å². The molecule has 3 aromatic rings. The summed E-state index contributed by atoms with van der Waals surface area (Å²) >= 11 is 0. The molecule has 84 valence electrons. The molecule has 3 rings (SSSR count). The summed E-state index contributed by atoms with van der Waals surface area (Å²) in [5.41, 5.74) is 1.81. The smallest absolute Gasteiger partial charge is 0.221 e. The first-order valence-electron chi connectivity index (χ1n) is 5.35. The molecule has 0 spiro atoms. The van der Waals surface area contributed by atoms with Crippen LogP contribution in [0.1, 0.15) is 0 Å². The monoisotopic (exact) mass is 225 g/mol. The van der Waals surface area contributed by atoms with E-state index in [2.05, 4.69) is 4.98 Å². The van der Waals surface area contributed by atoms with Gasteiger partial charge in [-0.15, -0.1) is 0 Å². The standard InChI is InChI=1S/C14H11NO2/c1-16-14-12-5-3-2-4-10(12)8-13(15-14)11-6-7-17-9-11/h2-9H,1H3. The third kappa shape index (κ3) is 1.65. The molecule has 0 aliphatic heterocycles. The SMILES string of the molecule is COc1nc(-c2ccoc2)cc2ccccc12. The Labute approximate surface area is 98.7 Å². The maximum atomic E-state index is 5.32. The maximum Gasteiger partial charge on any atom is 0.221 e. The van der Waals surface area contributed by atoms with Crippen molar-refractivity contribution in [2.45, 2.75) is 0 Å². The fraction of sp³-hybridized carbons (Fsp3) is 0.0714. The number of hydrogen-bond acceptors (Lipinski definition) is 3. The normalized spacial score (nSPS) is 10.6. The van der Waals surface area contributed by atoms with Crippen molar-refractivity contribution in [1.29, 1.82) is 0 Å². The molecule has 0 saturated carbocycles. The molecule has 0 aliphatic carbocycles. The second kappa shape index (κ2) is 3.94. The van der Waals surface area contributed by atoms with Gasteiger partial charge in [0.25, 0.3) is 0 Å². The van der Waals surface area contributed by atoms with Crippen LogP contribution in [0, 0.1) is 0 Å². The number of rotatable bonds is 2. The zero-order chi connectivity index (χ0) is 11.7. The third-order valence-electron chi connectivity index (χ3n) is 2.72. The van der Waals surface area contributed by atoms with Gasteiger partial charge in [-0.05, 0) is 23.6 Å². The predicted octanol–water partition coefficient (Wildman–Crippen LogP) is 3.50. The van der Waals surface area contributed by atoms with Crippen molar-refractivity contribution in [2.75, 3.05) is 7.11 Å². The van der Waals surface area contributed by atoms with Crippen molar-refractivity contribution >= 4 is 10.8 Å². The number of methoxy groups -OCH3 is 1. The molecule has 0 saturated heterocycles. The molecule has 17 heavy (non-hydrogen) atoms. The highest BCUT2D eigenvalue weighted by Crippen LogP contribution is 2.28. The van der Waals surface area contributed by atoms with Gasteiger partial charge in [-0.25, -0.2) is 4.98 Å². The van der Waals surface area contributed by atoms with E-state index in [4.69, 9.17) is 9.15 Å². The summed E-state index contributed by atoms with van der Waals surface area (Å²) in [7, 11) is 1.63. The van der Waals surface area contributed by atoms with Crippen LogP contribution in [0.15, 0.2) is 53.3 Å². The topological polar surface area (TPSA) is 35.3 Å². The van der Waals surface area contributed by atoms with E-state index in [0.717, 1.165) is 22.0 Å². The van der Waals surface area contributed by atoms with Crippen LogP contribution in [0.3, 0.4) is 0 Å². The predicted molar refractivity (Wildman–Crippen MR) is 66.0 cm³/mol. The Morgan fingerprint density at radius 1 is 1.18 bits per heavy atom. The highest BCUT2D eigenvalue weighted by Gasteiger charge is 2.08. The molecule has 0 unspecified atom stereocenters. The summed E-state index contributed by atoms with van der Waals surface area (Å²) < 4.78 is 10.4. The molecule has 0 atom stereocenters. The van der Waals surface area contributed by atoms with Crippen LogP contribution in [0.5, 0.6) is 5.88 Å². The molecule has 1 aromatic carbocycles. The van der Waals surface area contributed by atoms with E-state index in [9.17, 15) is 0 Å². The number of pyridine rings is 1. The van der Waals surface area contributed by atoms with Crippen LogP contribution in [-0.2, 0) is 0 Å². The fourth-order valence-corrected chi connectivity index (χ4v) is 1.88. The number of hydrogen-bond donors (Lipinski definition) is 0. The minimum Gasteiger partial charge on any atom is -0.481 e. The van der Waals surface area contributed by atoms with Crippen molar-refractivity contribution in [2.24, 2.45) is 0 Å². The first kappa shape index (κ1) is 9.90. The summed E-state index contributed by atoms with van der Waals surface area (Å²) in [6.45, 7) is 0. The lowest BCUT2D eigenvalue weighted by molar-refractivity contribution is 0.404. The van der Waals surface area contributed by atoms with Gasteiger partial charge in [0, 0.05) is 10.9 Å². The van der Waals surface area contributed by atoms with E-state index in [0.29, 0.717) is 5.88 Å². The minimum atomic E-state index is 0.638. The summed E-state index contributed by atoms with van der Waals surface area (Å²) in [5.74, 6) is 0.638. The Balaban J connectivity index is 2.28. The van der Waals surface area contributed by atoms with Gasteiger partial charge in [-0.1, -0.05) is 18.2 Å². The van der Waals surface area contributed by atoms with Gasteiger partial charge in [0.2, 0.25) is 5.88 Å². The van der Waals surface area contributed by atoms with Crippen LogP contribution in [-0.4, -0.2) is 12.1 Å². The number of fused-ring (bicyclic) bond motifs is 1. The second-order valence-corrected chi connectivity index (χ2v) is 3.75. The van der Waals surface area contributed by atoms with Gasteiger partial charge < -0.3 is 9.15 Å². The van der Waals surface area contributed by atoms with E-state index in [-0.39, 0.29) is 0 Å². The quantitative estimate of drug-likeness (QED) is 0.669. The van der Waals surface area contributed by atoms with Crippen LogP contribution < -0.4 is 4.74 Å². The number of furan rings is 1. The van der Waals surface area contributed by atoms with E-state index in [1.807, 2.05) is 36.4 Å². The Bertz CT molecular complexity index is 644. The van der Waals surface area contributed by atoms with Crippen molar-refractivity contribution in [3.8, 4) is 17.1 Å². The lowest BCUT2D eigenvalue weighted by Crippen LogP contribution is -1.91. The lowest BCUT2D eigenvalue weighted by Gasteiger charge is -2.06. The number of benzene rings is 1. The van der Waals surface area contributed by atoms with Crippen molar-refractivity contribution in [3.63, 3.8) is 0 Å². The molecule has 0 aliphatic rings. The zero-order valence-electron chi connectivity index (χ0n) is 9.38. The van der Waals surface area contributed by atoms with Gasteiger partial charge in [-0.3, -0.25) is 0 Å².